The lowest BCUT2D eigenvalue weighted by molar-refractivity contribution is 0.449. The Balaban J connectivity index is 1.84. The summed E-state index contributed by atoms with van der Waals surface area (Å²) in [5.41, 5.74) is 9.61. The maximum atomic E-state index is 6.56. The van der Waals surface area contributed by atoms with E-state index in [1.54, 1.807) is 6.20 Å². The lowest BCUT2D eigenvalue weighted by Crippen LogP contribution is -2.31. The molecule has 0 spiro atoms. The summed E-state index contributed by atoms with van der Waals surface area (Å²) < 4.78 is 0. The van der Waals surface area contributed by atoms with E-state index in [1.807, 2.05) is 48.5 Å². The van der Waals surface area contributed by atoms with Crippen LogP contribution in [0.15, 0.2) is 79.0 Å². The molecule has 3 nitrogen and oxygen atoms in total. The molecular weight excluding hydrogens is 318 g/mol. The summed E-state index contributed by atoms with van der Waals surface area (Å²) in [7, 11) is 0. The van der Waals surface area contributed by atoms with Gasteiger partial charge in [-0.15, -0.1) is 0 Å². The maximum Gasteiger partial charge on any atom is 0.0727 e. The van der Waals surface area contributed by atoms with Gasteiger partial charge in [-0.3, -0.25) is 4.98 Å². The molecule has 2 aromatic carbocycles. The summed E-state index contributed by atoms with van der Waals surface area (Å²) in [6, 6.07) is 23.8. The molecule has 1 aromatic heterocycles. The Labute approximate surface area is 147 Å². The Morgan fingerprint density at radius 1 is 0.875 bits per heavy atom. The molecule has 3 aromatic rings. The molecule has 0 fully saturated rings. The van der Waals surface area contributed by atoms with E-state index in [2.05, 4.69) is 34.6 Å². The predicted octanol–water partition coefficient (Wildman–Crippen LogP) is 4.27. The lowest BCUT2D eigenvalue weighted by atomic mass is 9.94. The number of benzene rings is 2. The van der Waals surface area contributed by atoms with Crippen LogP contribution < -0.4 is 11.1 Å². The number of nitrogens with zero attached hydrogens (tertiary/aromatic N) is 1. The van der Waals surface area contributed by atoms with E-state index in [0.29, 0.717) is 11.6 Å². The zero-order valence-corrected chi connectivity index (χ0v) is 14.0. The van der Waals surface area contributed by atoms with Gasteiger partial charge in [0.2, 0.25) is 0 Å². The van der Waals surface area contributed by atoms with E-state index in [9.17, 15) is 0 Å². The topological polar surface area (TPSA) is 50.9 Å². The first-order chi connectivity index (χ1) is 11.8. The van der Waals surface area contributed by atoms with Crippen molar-refractivity contribution in [2.24, 2.45) is 5.73 Å². The molecule has 122 valence electrons. The SMILES string of the molecule is NC(c1ccccc1)C(NCc1ncccc1Cl)c1ccccc1. The third-order valence-corrected chi connectivity index (χ3v) is 4.37. The van der Waals surface area contributed by atoms with Crippen molar-refractivity contribution in [3.63, 3.8) is 0 Å². The molecule has 2 atom stereocenters. The van der Waals surface area contributed by atoms with Crippen molar-refractivity contribution in [3.8, 4) is 0 Å². The highest BCUT2D eigenvalue weighted by Gasteiger charge is 2.21. The summed E-state index contributed by atoms with van der Waals surface area (Å²) in [6.07, 6.45) is 1.75. The molecule has 0 saturated carbocycles. The molecule has 1 heterocycles. The molecule has 4 heteroatoms. The van der Waals surface area contributed by atoms with Gasteiger partial charge in [-0.2, -0.15) is 0 Å². The second kappa shape index (κ2) is 8.06. The van der Waals surface area contributed by atoms with Crippen LogP contribution in [0.4, 0.5) is 0 Å². The number of nitrogens with one attached hydrogen (secondary N) is 1. The normalized spacial score (nSPS) is 13.4. The van der Waals surface area contributed by atoms with E-state index in [0.717, 1.165) is 16.8 Å². The van der Waals surface area contributed by atoms with Gasteiger partial charge < -0.3 is 11.1 Å². The van der Waals surface area contributed by atoms with E-state index >= 15 is 0 Å². The van der Waals surface area contributed by atoms with Gasteiger partial charge in [0.1, 0.15) is 0 Å². The van der Waals surface area contributed by atoms with Crippen molar-refractivity contribution >= 4 is 11.6 Å². The molecule has 0 aliphatic rings. The molecule has 0 aliphatic carbocycles. The number of hydrogen-bond donors (Lipinski definition) is 2. The van der Waals surface area contributed by atoms with Crippen LogP contribution in [0, 0.1) is 0 Å². The Morgan fingerprint density at radius 2 is 1.50 bits per heavy atom. The van der Waals surface area contributed by atoms with Crippen molar-refractivity contribution in [3.05, 3.63) is 101 Å². The number of halogens is 1. The van der Waals surface area contributed by atoms with Gasteiger partial charge in [-0.25, -0.2) is 0 Å². The van der Waals surface area contributed by atoms with Crippen molar-refractivity contribution in [1.82, 2.24) is 10.3 Å². The number of hydrogen-bond acceptors (Lipinski definition) is 3. The minimum atomic E-state index is -0.170. The number of pyridine rings is 1. The number of rotatable bonds is 6. The molecular formula is C20H20ClN3. The van der Waals surface area contributed by atoms with Crippen LogP contribution in [0.5, 0.6) is 0 Å². The van der Waals surface area contributed by atoms with E-state index in [4.69, 9.17) is 17.3 Å². The minimum absolute atomic E-state index is 0.0355. The van der Waals surface area contributed by atoms with Gasteiger partial charge >= 0.3 is 0 Å². The van der Waals surface area contributed by atoms with Crippen molar-refractivity contribution in [2.75, 3.05) is 0 Å². The molecule has 2 unspecified atom stereocenters. The molecule has 3 rings (SSSR count). The number of aromatic nitrogens is 1. The summed E-state index contributed by atoms with van der Waals surface area (Å²) >= 11 is 6.22. The first-order valence-corrected chi connectivity index (χ1v) is 8.32. The summed E-state index contributed by atoms with van der Waals surface area (Å²) in [5.74, 6) is 0. The fraction of sp³-hybridized carbons (Fsp3) is 0.150. The van der Waals surface area contributed by atoms with Crippen molar-refractivity contribution in [2.45, 2.75) is 18.6 Å². The molecule has 0 amide bonds. The third-order valence-electron chi connectivity index (χ3n) is 4.03. The molecule has 3 N–H and O–H groups in total. The zero-order valence-electron chi connectivity index (χ0n) is 13.3. The molecule has 0 saturated heterocycles. The Bertz CT molecular complexity index is 762. The van der Waals surface area contributed by atoms with Gasteiger partial charge in [-0.1, -0.05) is 72.3 Å². The summed E-state index contributed by atoms with van der Waals surface area (Å²) in [4.78, 5) is 4.34. The fourth-order valence-electron chi connectivity index (χ4n) is 2.74. The highest BCUT2D eigenvalue weighted by molar-refractivity contribution is 6.31. The van der Waals surface area contributed by atoms with Crippen molar-refractivity contribution < 1.29 is 0 Å². The minimum Gasteiger partial charge on any atom is -0.322 e. The fourth-order valence-corrected chi connectivity index (χ4v) is 2.92. The van der Waals surface area contributed by atoms with Crippen LogP contribution in [-0.4, -0.2) is 4.98 Å². The second-order valence-electron chi connectivity index (χ2n) is 5.64. The Kier molecular flexibility index (Phi) is 5.59. The largest absolute Gasteiger partial charge is 0.322 e. The van der Waals surface area contributed by atoms with Crippen LogP contribution in [0.1, 0.15) is 28.9 Å². The highest BCUT2D eigenvalue weighted by atomic mass is 35.5. The van der Waals surface area contributed by atoms with Gasteiger partial charge in [0.05, 0.1) is 16.8 Å². The van der Waals surface area contributed by atoms with Gasteiger partial charge in [-0.05, 0) is 23.3 Å². The second-order valence-corrected chi connectivity index (χ2v) is 6.04. The standard InChI is InChI=1S/C20H20ClN3/c21-17-12-7-13-23-18(17)14-24-20(16-10-5-2-6-11-16)19(22)15-8-3-1-4-9-15/h1-13,19-20,24H,14,22H2. The smallest absolute Gasteiger partial charge is 0.0727 e. The third kappa shape index (κ3) is 4.01. The van der Waals surface area contributed by atoms with E-state index in [1.165, 1.54) is 0 Å². The van der Waals surface area contributed by atoms with Crippen LogP contribution in [-0.2, 0) is 6.54 Å². The monoisotopic (exact) mass is 337 g/mol. The van der Waals surface area contributed by atoms with Crippen LogP contribution >= 0.6 is 11.6 Å². The van der Waals surface area contributed by atoms with Gasteiger partial charge in [0, 0.05) is 18.8 Å². The van der Waals surface area contributed by atoms with Crippen LogP contribution in [0.3, 0.4) is 0 Å². The quantitative estimate of drug-likeness (QED) is 0.706. The molecule has 0 aliphatic heterocycles. The average molecular weight is 338 g/mol. The molecule has 0 bridgehead atoms. The Hall–Kier alpha value is -2.20. The maximum absolute atomic E-state index is 6.56. The number of nitrogens with two attached hydrogens (primary N) is 1. The van der Waals surface area contributed by atoms with Crippen LogP contribution in [0.2, 0.25) is 5.02 Å². The van der Waals surface area contributed by atoms with E-state index < -0.39 is 0 Å². The zero-order chi connectivity index (χ0) is 16.8. The predicted molar refractivity (Wildman–Crippen MR) is 98.6 cm³/mol. The van der Waals surface area contributed by atoms with Gasteiger partial charge in [0.15, 0.2) is 0 Å². The Morgan fingerprint density at radius 3 is 2.12 bits per heavy atom. The summed E-state index contributed by atoms with van der Waals surface area (Å²) in [6.45, 7) is 0.555. The van der Waals surface area contributed by atoms with Gasteiger partial charge in [0.25, 0.3) is 0 Å². The van der Waals surface area contributed by atoms with Crippen LogP contribution in [0.25, 0.3) is 0 Å². The lowest BCUT2D eigenvalue weighted by Gasteiger charge is -2.26. The van der Waals surface area contributed by atoms with E-state index in [-0.39, 0.29) is 12.1 Å². The molecule has 0 radical (unpaired) electrons. The van der Waals surface area contributed by atoms with Crippen molar-refractivity contribution in [1.29, 1.82) is 0 Å². The first kappa shape index (κ1) is 16.7. The average Bonchev–Trinajstić information content (AvgIpc) is 2.65. The summed E-state index contributed by atoms with van der Waals surface area (Å²) in [5, 5.41) is 4.18. The highest BCUT2D eigenvalue weighted by Crippen LogP contribution is 2.27. The first-order valence-electron chi connectivity index (χ1n) is 7.94. The molecule has 24 heavy (non-hydrogen) atoms.